The molecule has 0 spiro atoms. The molecule has 1 amide bonds. The zero-order valence-electron chi connectivity index (χ0n) is 16.4. The second-order valence-electron chi connectivity index (χ2n) is 8.03. The van der Waals surface area contributed by atoms with Crippen LogP contribution in [0.1, 0.15) is 36.8 Å². The van der Waals surface area contributed by atoms with Gasteiger partial charge in [0.1, 0.15) is 0 Å². The molecular weight excluding hydrogens is 368 g/mol. The number of hydrogen-bond acceptors (Lipinski definition) is 5. The Morgan fingerprint density at radius 2 is 1.93 bits per heavy atom. The van der Waals surface area contributed by atoms with Crippen molar-refractivity contribution in [2.24, 2.45) is 5.92 Å². The Morgan fingerprint density at radius 3 is 2.61 bits per heavy atom. The SMILES string of the molecule is O=C(NCc1cccnc1)C1CCN(C2CCN(Cc3ccsc3)CC2)CC1. The number of likely N-dealkylation sites (tertiary alicyclic amines) is 2. The summed E-state index contributed by atoms with van der Waals surface area (Å²) in [4.78, 5) is 21.8. The van der Waals surface area contributed by atoms with Crippen LogP contribution >= 0.6 is 11.3 Å². The van der Waals surface area contributed by atoms with Gasteiger partial charge in [-0.1, -0.05) is 6.07 Å². The summed E-state index contributed by atoms with van der Waals surface area (Å²) in [5.74, 6) is 0.362. The number of nitrogens with one attached hydrogen (secondary N) is 1. The predicted molar refractivity (Wildman–Crippen MR) is 113 cm³/mol. The minimum Gasteiger partial charge on any atom is -0.352 e. The van der Waals surface area contributed by atoms with E-state index in [1.54, 1.807) is 17.5 Å². The number of carbonyl (C=O) groups is 1. The summed E-state index contributed by atoms with van der Waals surface area (Å²) in [7, 11) is 0. The molecule has 150 valence electrons. The Morgan fingerprint density at radius 1 is 1.11 bits per heavy atom. The van der Waals surface area contributed by atoms with Crippen molar-refractivity contribution < 1.29 is 4.79 Å². The van der Waals surface area contributed by atoms with Crippen LogP contribution in [0.2, 0.25) is 0 Å². The topological polar surface area (TPSA) is 48.5 Å². The predicted octanol–water partition coefficient (Wildman–Crippen LogP) is 3.14. The van der Waals surface area contributed by atoms with E-state index < -0.39 is 0 Å². The van der Waals surface area contributed by atoms with Crippen molar-refractivity contribution in [3.05, 3.63) is 52.5 Å². The van der Waals surface area contributed by atoms with Gasteiger partial charge >= 0.3 is 0 Å². The molecule has 2 fully saturated rings. The Labute approximate surface area is 171 Å². The molecular formula is C22H30N4OS. The molecule has 1 N–H and O–H groups in total. The van der Waals surface area contributed by atoms with Crippen molar-refractivity contribution in [1.82, 2.24) is 20.1 Å². The lowest BCUT2D eigenvalue weighted by atomic mass is 9.92. The van der Waals surface area contributed by atoms with Crippen LogP contribution in [0.3, 0.4) is 0 Å². The van der Waals surface area contributed by atoms with Gasteiger partial charge in [-0.2, -0.15) is 11.3 Å². The van der Waals surface area contributed by atoms with E-state index in [4.69, 9.17) is 0 Å². The summed E-state index contributed by atoms with van der Waals surface area (Å²) in [6.45, 7) is 6.16. The van der Waals surface area contributed by atoms with E-state index in [0.717, 1.165) is 38.0 Å². The van der Waals surface area contributed by atoms with Crippen LogP contribution in [0.15, 0.2) is 41.4 Å². The number of aromatic nitrogens is 1. The van der Waals surface area contributed by atoms with E-state index in [0.29, 0.717) is 12.6 Å². The summed E-state index contributed by atoms with van der Waals surface area (Å²) in [5, 5.41) is 7.51. The maximum Gasteiger partial charge on any atom is 0.223 e. The molecule has 2 saturated heterocycles. The third-order valence-electron chi connectivity index (χ3n) is 6.15. The first-order chi connectivity index (χ1) is 13.8. The number of amides is 1. The van der Waals surface area contributed by atoms with E-state index in [1.807, 2.05) is 18.3 Å². The van der Waals surface area contributed by atoms with Gasteiger partial charge in [-0.15, -0.1) is 0 Å². The highest BCUT2D eigenvalue weighted by Crippen LogP contribution is 2.25. The summed E-state index contributed by atoms with van der Waals surface area (Å²) in [6, 6.07) is 6.84. The Balaban J connectivity index is 1.17. The Kier molecular flexibility index (Phi) is 6.73. The van der Waals surface area contributed by atoms with Gasteiger partial charge in [0.25, 0.3) is 0 Å². The Bertz CT molecular complexity index is 720. The number of hydrogen-bond donors (Lipinski definition) is 1. The maximum absolute atomic E-state index is 12.5. The number of nitrogens with zero attached hydrogens (tertiary/aromatic N) is 3. The van der Waals surface area contributed by atoms with Gasteiger partial charge in [-0.3, -0.25) is 14.7 Å². The minimum absolute atomic E-state index is 0.159. The first-order valence-electron chi connectivity index (χ1n) is 10.4. The monoisotopic (exact) mass is 398 g/mol. The number of thiophene rings is 1. The average Bonchev–Trinajstić information content (AvgIpc) is 3.26. The van der Waals surface area contributed by atoms with Crippen molar-refractivity contribution in [1.29, 1.82) is 0 Å². The molecule has 0 saturated carbocycles. The minimum atomic E-state index is 0.159. The summed E-state index contributed by atoms with van der Waals surface area (Å²) < 4.78 is 0. The van der Waals surface area contributed by atoms with Crippen molar-refractivity contribution in [3.8, 4) is 0 Å². The van der Waals surface area contributed by atoms with Crippen molar-refractivity contribution >= 4 is 17.2 Å². The fourth-order valence-electron chi connectivity index (χ4n) is 4.45. The van der Waals surface area contributed by atoms with Gasteiger partial charge in [0, 0.05) is 37.4 Å². The maximum atomic E-state index is 12.5. The highest BCUT2D eigenvalue weighted by Gasteiger charge is 2.30. The molecule has 0 bridgehead atoms. The molecule has 2 aliphatic heterocycles. The van der Waals surface area contributed by atoms with Gasteiger partial charge < -0.3 is 10.2 Å². The van der Waals surface area contributed by atoms with Crippen LogP contribution < -0.4 is 5.32 Å². The standard InChI is InChI=1S/C22H30N4OS/c27-22(24-15-18-2-1-8-23-14-18)20-3-11-26(12-4-20)21-5-9-25(10-6-21)16-19-7-13-28-17-19/h1-2,7-8,13-14,17,20-21H,3-6,9-12,15-16H2,(H,24,27). The van der Waals surface area contributed by atoms with Gasteiger partial charge in [0.05, 0.1) is 0 Å². The van der Waals surface area contributed by atoms with Crippen LogP contribution in [0.5, 0.6) is 0 Å². The van der Waals surface area contributed by atoms with Crippen LogP contribution in [0.4, 0.5) is 0 Å². The number of rotatable bonds is 6. The van der Waals surface area contributed by atoms with Gasteiger partial charge in [0.2, 0.25) is 5.91 Å². The first kappa shape index (κ1) is 19.6. The van der Waals surface area contributed by atoms with E-state index in [-0.39, 0.29) is 11.8 Å². The van der Waals surface area contributed by atoms with E-state index >= 15 is 0 Å². The molecule has 0 aliphatic carbocycles. The lowest BCUT2D eigenvalue weighted by Crippen LogP contribution is -2.49. The molecule has 4 heterocycles. The van der Waals surface area contributed by atoms with Crippen LogP contribution in [0.25, 0.3) is 0 Å². The van der Waals surface area contributed by atoms with E-state index in [1.165, 1.54) is 31.5 Å². The molecule has 0 unspecified atom stereocenters. The molecule has 0 atom stereocenters. The molecule has 5 nitrogen and oxygen atoms in total. The molecule has 28 heavy (non-hydrogen) atoms. The van der Waals surface area contributed by atoms with Gasteiger partial charge in [0.15, 0.2) is 0 Å². The molecule has 2 aromatic rings. The lowest BCUT2D eigenvalue weighted by Gasteiger charge is -2.41. The van der Waals surface area contributed by atoms with E-state index in [9.17, 15) is 4.79 Å². The second kappa shape index (κ2) is 9.63. The highest BCUT2D eigenvalue weighted by molar-refractivity contribution is 7.07. The smallest absolute Gasteiger partial charge is 0.223 e. The van der Waals surface area contributed by atoms with E-state index in [2.05, 4.69) is 36.9 Å². The zero-order chi connectivity index (χ0) is 19.2. The van der Waals surface area contributed by atoms with Crippen molar-refractivity contribution in [2.45, 2.75) is 44.8 Å². The fourth-order valence-corrected chi connectivity index (χ4v) is 5.11. The van der Waals surface area contributed by atoms with Gasteiger partial charge in [-0.25, -0.2) is 0 Å². The number of carbonyl (C=O) groups excluding carboxylic acids is 1. The number of piperidine rings is 2. The molecule has 0 aromatic carbocycles. The lowest BCUT2D eigenvalue weighted by molar-refractivity contribution is -0.126. The third kappa shape index (κ3) is 5.19. The normalized spacial score (nSPS) is 20.3. The summed E-state index contributed by atoms with van der Waals surface area (Å²) in [5.41, 5.74) is 2.50. The van der Waals surface area contributed by atoms with Crippen molar-refractivity contribution in [2.75, 3.05) is 26.2 Å². The molecule has 4 rings (SSSR count). The highest BCUT2D eigenvalue weighted by atomic mass is 32.1. The quantitative estimate of drug-likeness (QED) is 0.812. The van der Waals surface area contributed by atoms with Gasteiger partial charge in [-0.05, 0) is 85.9 Å². The molecule has 2 aromatic heterocycles. The molecule has 2 aliphatic rings. The molecule has 0 radical (unpaired) electrons. The molecule has 6 heteroatoms. The van der Waals surface area contributed by atoms with Crippen LogP contribution in [-0.2, 0) is 17.9 Å². The zero-order valence-corrected chi connectivity index (χ0v) is 17.2. The average molecular weight is 399 g/mol. The fraction of sp³-hybridized carbons (Fsp3) is 0.545. The van der Waals surface area contributed by atoms with Crippen LogP contribution in [0, 0.1) is 5.92 Å². The second-order valence-corrected chi connectivity index (χ2v) is 8.81. The summed E-state index contributed by atoms with van der Waals surface area (Å²) in [6.07, 6.45) is 8.04. The van der Waals surface area contributed by atoms with Crippen molar-refractivity contribution in [3.63, 3.8) is 0 Å². The Hall–Kier alpha value is -1.76. The largest absolute Gasteiger partial charge is 0.352 e. The number of pyridine rings is 1. The first-order valence-corrected chi connectivity index (χ1v) is 11.4. The summed E-state index contributed by atoms with van der Waals surface area (Å²) >= 11 is 1.79. The third-order valence-corrected chi connectivity index (χ3v) is 6.88. The van der Waals surface area contributed by atoms with Crippen LogP contribution in [-0.4, -0.2) is 52.9 Å².